The Morgan fingerprint density at radius 2 is 1.87 bits per heavy atom. The van der Waals surface area contributed by atoms with Gasteiger partial charge >= 0.3 is 0 Å². The van der Waals surface area contributed by atoms with E-state index >= 15 is 0 Å². The highest BCUT2D eigenvalue weighted by atomic mass is 16.1. The lowest BCUT2D eigenvalue weighted by Gasteiger charge is -2.14. The topological polar surface area (TPSA) is 92.2 Å². The molecule has 2 N–H and O–H groups in total. The van der Waals surface area contributed by atoms with Crippen LogP contribution in [-0.2, 0) is 13.1 Å². The Bertz CT molecular complexity index is 1410. The van der Waals surface area contributed by atoms with Crippen LogP contribution in [0.3, 0.4) is 0 Å². The van der Waals surface area contributed by atoms with E-state index in [1.165, 1.54) is 10.5 Å². The molecule has 0 radical (unpaired) electrons. The predicted octanol–water partition coefficient (Wildman–Crippen LogP) is 3.09. The molecule has 7 heteroatoms. The Balaban J connectivity index is 1.84. The number of pyridine rings is 2. The lowest BCUT2D eigenvalue weighted by molar-refractivity contribution is 0.0948. The van der Waals surface area contributed by atoms with Crippen molar-refractivity contribution in [1.29, 1.82) is 5.41 Å². The minimum Gasteiger partial charge on any atom is -0.348 e. The van der Waals surface area contributed by atoms with E-state index in [-0.39, 0.29) is 22.5 Å². The van der Waals surface area contributed by atoms with Crippen molar-refractivity contribution in [3.05, 3.63) is 86.8 Å². The first-order chi connectivity index (χ1) is 14.9. The van der Waals surface area contributed by atoms with Crippen molar-refractivity contribution in [1.82, 2.24) is 19.3 Å². The molecule has 31 heavy (non-hydrogen) atoms. The summed E-state index contributed by atoms with van der Waals surface area (Å²) in [6, 6.07) is 13.1. The molecule has 0 spiro atoms. The van der Waals surface area contributed by atoms with Crippen LogP contribution in [-0.4, -0.2) is 19.9 Å². The first-order valence-corrected chi connectivity index (χ1v) is 10.3. The zero-order chi connectivity index (χ0) is 22.1. The normalized spacial score (nSPS) is 11.2. The van der Waals surface area contributed by atoms with Crippen molar-refractivity contribution >= 4 is 22.6 Å². The third kappa shape index (κ3) is 3.74. The number of aryl methyl sites for hydroxylation is 3. The van der Waals surface area contributed by atoms with Gasteiger partial charge in [0.05, 0.1) is 10.9 Å². The van der Waals surface area contributed by atoms with E-state index in [9.17, 15) is 9.59 Å². The van der Waals surface area contributed by atoms with Crippen LogP contribution < -0.4 is 16.4 Å². The molecule has 4 aromatic rings. The van der Waals surface area contributed by atoms with Gasteiger partial charge in [0.15, 0.2) is 0 Å². The number of benzene rings is 1. The second-order valence-electron chi connectivity index (χ2n) is 7.77. The van der Waals surface area contributed by atoms with Gasteiger partial charge in [-0.05, 0) is 43.5 Å². The summed E-state index contributed by atoms with van der Waals surface area (Å²) in [6.45, 7) is 6.73. The van der Waals surface area contributed by atoms with Gasteiger partial charge in [0.1, 0.15) is 16.8 Å². The molecule has 0 aliphatic rings. The van der Waals surface area contributed by atoms with Crippen LogP contribution in [0, 0.1) is 19.3 Å². The summed E-state index contributed by atoms with van der Waals surface area (Å²) in [5.74, 6) is -0.383. The number of fused-ring (bicyclic) bond motifs is 2. The van der Waals surface area contributed by atoms with Gasteiger partial charge < -0.3 is 9.88 Å². The molecule has 0 saturated heterocycles. The maximum Gasteiger partial charge on any atom is 0.267 e. The molecule has 0 fully saturated rings. The lowest BCUT2D eigenvalue weighted by atomic mass is 10.1. The van der Waals surface area contributed by atoms with Gasteiger partial charge in [-0.15, -0.1) is 0 Å². The molecular formula is C24H25N5O2. The zero-order valence-electron chi connectivity index (χ0n) is 17.9. The minimum absolute atomic E-state index is 0.0561. The maximum absolute atomic E-state index is 13.2. The molecule has 3 aromatic heterocycles. The Labute approximate surface area is 179 Å². The van der Waals surface area contributed by atoms with Crippen molar-refractivity contribution in [2.24, 2.45) is 0 Å². The van der Waals surface area contributed by atoms with E-state index in [2.05, 4.69) is 5.32 Å². The van der Waals surface area contributed by atoms with Crippen LogP contribution in [0.25, 0.3) is 16.7 Å². The second-order valence-corrected chi connectivity index (χ2v) is 7.77. The Morgan fingerprint density at radius 1 is 1.13 bits per heavy atom. The molecule has 3 heterocycles. The molecule has 158 valence electrons. The van der Waals surface area contributed by atoms with Crippen LogP contribution in [0.2, 0.25) is 0 Å². The third-order valence-electron chi connectivity index (χ3n) is 5.40. The third-order valence-corrected chi connectivity index (χ3v) is 5.40. The van der Waals surface area contributed by atoms with Gasteiger partial charge in [-0.3, -0.25) is 19.4 Å². The average Bonchev–Trinajstić information content (AvgIpc) is 2.76. The lowest BCUT2D eigenvalue weighted by Crippen LogP contribution is -2.34. The summed E-state index contributed by atoms with van der Waals surface area (Å²) in [5, 5.41) is 11.9. The number of amides is 1. The monoisotopic (exact) mass is 415 g/mol. The van der Waals surface area contributed by atoms with E-state index in [4.69, 9.17) is 10.4 Å². The highest BCUT2D eigenvalue weighted by Gasteiger charge is 2.17. The molecule has 0 aliphatic carbocycles. The predicted molar refractivity (Wildman–Crippen MR) is 120 cm³/mol. The van der Waals surface area contributed by atoms with Crippen molar-refractivity contribution in [2.45, 2.75) is 40.3 Å². The van der Waals surface area contributed by atoms with Gasteiger partial charge in [0.25, 0.3) is 11.5 Å². The molecule has 7 nitrogen and oxygen atoms in total. The molecule has 1 amide bonds. The van der Waals surface area contributed by atoms with E-state index in [1.807, 2.05) is 51.1 Å². The van der Waals surface area contributed by atoms with E-state index < -0.39 is 0 Å². The van der Waals surface area contributed by atoms with Gasteiger partial charge in [0.2, 0.25) is 0 Å². The molecule has 0 unspecified atom stereocenters. The fourth-order valence-corrected chi connectivity index (χ4v) is 3.69. The molecule has 0 bridgehead atoms. The van der Waals surface area contributed by atoms with Crippen LogP contribution >= 0.6 is 0 Å². The van der Waals surface area contributed by atoms with Gasteiger partial charge in [-0.2, -0.15) is 0 Å². The molecule has 0 saturated carbocycles. The van der Waals surface area contributed by atoms with Crippen LogP contribution in [0.15, 0.2) is 53.5 Å². The smallest absolute Gasteiger partial charge is 0.267 e. The molecule has 0 atom stereocenters. The summed E-state index contributed by atoms with van der Waals surface area (Å²) >= 11 is 0. The summed E-state index contributed by atoms with van der Waals surface area (Å²) in [5.41, 5.74) is 3.95. The first-order valence-electron chi connectivity index (χ1n) is 10.3. The maximum atomic E-state index is 13.2. The second kappa shape index (κ2) is 8.18. The Kier molecular flexibility index (Phi) is 5.42. The Morgan fingerprint density at radius 3 is 2.58 bits per heavy atom. The van der Waals surface area contributed by atoms with Gasteiger partial charge in [-0.1, -0.05) is 42.8 Å². The fourth-order valence-electron chi connectivity index (χ4n) is 3.69. The number of nitrogens with one attached hydrogen (secondary N) is 2. The molecule has 0 aliphatic heterocycles. The summed E-state index contributed by atoms with van der Waals surface area (Å²) in [6.07, 6.45) is 2.42. The number of carbonyl (C=O) groups excluding carboxylic acids is 1. The van der Waals surface area contributed by atoms with Crippen molar-refractivity contribution in [3.8, 4) is 0 Å². The van der Waals surface area contributed by atoms with Crippen LogP contribution in [0.5, 0.6) is 0 Å². The van der Waals surface area contributed by atoms with Gasteiger partial charge in [-0.25, -0.2) is 4.98 Å². The van der Waals surface area contributed by atoms with Gasteiger partial charge in [0, 0.05) is 19.3 Å². The fraction of sp³-hybridized carbons (Fsp3) is 0.250. The largest absolute Gasteiger partial charge is 0.348 e. The van der Waals surface area contributed by atoms with E-state index in [0.29, 0.717) is 29.8 Å². The number of hydrogen-bond acceptors (Lipinski definition) is 4. The summed E-state index contributed by atoms with van der Waals surface area (Å²) in [4.78, 5) is 30.9. The van der Waals surface area contributed by atoms with Crippen LogP contribution in [0.1, 0.15) is 40.4 Å². The van der Waals surface area contributed by atoms with Crippen molar-refractivity contribution in [3.63, 3.8) is 0 Å². The number of rotatable bonds is 5. The number of aromatic nitrogens is 3. The highest BCUT2D eigenvalue weighted by Crippen LogP contribution is 2.13. The van der Waals surface area contributed by atoms with E-state index in [0.717, 1.165) is 23.1 Å². The molecule has 4 rings (SSSR count). The summed E-state index contributed by atoms with van der Waals surface area (Å²) in [7, 11) is 0. The van der Waals surface area contributed by atoms with Crippen molar-refractivity contribution in [2.75, 3.05) is 0 Å². The molecule has 1 aromatic carbocycles. The average molecular weight is 415 g/mol. The Hall–Kier alpha value is -3.74. The number of hydrogen-bond donors (Lipinski definition) is 2. The first kappa shape index (κ1) is 20.5. The van der Waals surface area contributed by atoms with Crippen molar-refractivity contribution < 1.29 is 4.79 Å². The number of nitrogens with zero attached hydrogens (tertiary/aromatic N) is 3. The summed E-state index contributed by atoms with van der Waals surface area (Å²) < 4.78 is 3.15. The quantitative estimate of drug-likeness (QED) is 0.491. The van der Waals surface area contributed by atoms with Crippen LogP contribution in [0.4, 0.5) is 0 Å². The highest BCUT2D eigenvalue weighted by molar-refractivity contribution is 5.96. The standard InChI is InChI=1S/C24H25N5O2/c1-4-11-28-20(25)18(23(30)26-14-17-9-7-15(2)8-10-17)13-19-22(28)27-21-16(3)6-5-12-29(21)24(19)31/h5-10,12-13,25H,4,11,14H2,1-3H3,(H,26,30). The SMILES string of the molecule is CCCn1c(=N)c(C(=O)NCc2ccc(C)cc2)cc2c(=O)n3cccc(C)c3nc21. The molecular weight excluding hydrogens is 390 g/mol. The minimum atomic E-state index is -0.383. The van der Waals surface area contributed by atoms with E-state index in [1.54, 1.807) is 16.8 Å². The zero-order valence-corrected chi connectivity index (χ0v) is 17.9. The number of carbonyl (C=O) groups is 1.